The van der Waals surface area contributed by atoms with Crippen LogP contribution in [0.3, 0.4) is 0 Å². The standard InChI is InChI=1S/C10H17NO2/c1-9(2,3)13-8(12)11-10-4-7(5-10)6-10/h7H,4-6H2,1-3H3,(H,11,12). The first kappa shape index (κ1) is 8.85. The predicted octanol–water partition coefficient (Wildman–Crippen LogP) is 2.06. The van der Waals surface area contributed by atoms with Gasteiger partial charge in [0.05, 0.1) is 0 Å². The molecule has 2 bridgehead atoms. The molecule has 3 heteroatoms. The number of alkyl carbamates (subject to hydrolysis) is 1. The lowest BCUT2D eigenvalue weighted by molar-refractivity contribution is -0.0552. The highest BCUT2D eigenvalue weighted by molar-refractivity contribution is 5.69. The van der Waals surface area contributed by atoms with Crippen molar-refractivity contribution in [3.63, 3.8) is 0 Å². The Balaban J connectivity index is 1.78. The Morgan fingerprint density at radius 1 is 1.38 bits per heavy atom. The van der Waals surface area contributed by atoms with E-state index in [0.717, 1.165) is 25.2 Å². The van der Waals surface area contributed by atoms with Crippen molar-refractivity contribution in [2.24, 2.45) is 5.92 Å². The van der Waals surface area contributed by atoms with Crippen LogP contribution in [0.25, 0.3) is 0 Å². The Hall–Kier alpha value is -0.730. The van der Waals surface area contributed by atoms with E-state index < -0.39 is 0 Å². The van der Waals surface area contributed by atoms with Gasteiger partial charge in [-0.2, -0.15) is 0 Å². The molecule has 3 nitrogen and oxygen atoms in total. The van der Waals surface area contributed by atoms with Crippen LogP contribution in [0.2, 0.25) is 0 Å². The first-order chi connectivity index (χ1) is 5.89. The molecule has 0 radical (unpaired) electrons. The van der Waals surface area contributed by atoms with Crippen LogP contribution in [0, 0.1) is 5.92 Å². The third kappa shape index (κ3) is 1.64. The summed E-state index contributed by atoms with van der Waals surface area (Å²) in [5.41, 5.74) is -0.249. The van der Waals surface area contributed by atoms with Gasteiger partial charge in [-0.3, -0.25) is 0 Å². The Kier molecular flexibility index (Phi) is 1.63. The molecule has 1 N–H and O–H groups in total. The summed E-state index contributed by atoms with van der Waals surface area (Å²) in [6.45, 7) is 5.65. The van der Waals surface area contributed by atoms with E-state index in [1.54, 1.807) is 0 Å². The summed E-state index contributed by atoms with van der Waals surface area (Å²) < 4.78 is 5.18. The van der Waals surface area contributed by atoms with E-state index in [1.807, 2.05) is 20.8 Å². The highest BCUT2D eigenvalue weighted by Gasteiger charge is 2.57. The number of rotatable bonds is 1. The fraction of sp³-hybridized carbons (Fsp3) is 0.900. The molecule has 0 saturated heterocycles. The molecule has 0 spiro atoms. The van der Waals surface area contributed by atoms with Crippen LogP contribution in [0.4, 0.5) is 4.79 Å². The van der Waals surface area contributed by atoms with Gasteiger partial charge in [0.25, 0.3) is 0 Å². The minimum Gasteiger partial charge on any atom is -0.444 e. The molecular weight excluding hydrogens is 166 g/mol. The molecule has 0 aromatic rings. The van der Waals surface area contributed by atoms with Crippen molar-refractivity contribution in [1.29, 1.82) is 0 Å². The summed E-state index contributed by atoms with van der Waals surface area (Å²) in [7, 11) is 0. The Labute approximate surface area is 78.8 Å². The first-order valence-corrected chi connectivity index (χ1v) is 4.90. The lowest BCUT2D eigenvalue weighted by Gasteiger charge is -2.61. The molecule has 0 aromatic carbocycles. The highest BCUT2D eigenvalue weighted by Crippen LogP contribution is 2.56. The van der Waals surface area contributed by atoms with Gasteiger partial charge in [0.15, 0.2) is 0 Å². The maximum atomic E-state index is 11.4. The van der Waals surface area contributed by atoms with Crippen LogP contribution < -0.4 is 5.32 Å². The van der Waals surface area contributed by atoms with Crippen molar-refractivity contribution >= 4 is 6.09 Å². The monoisotopic (exact) mass is 183 g/mol. The summed E-state index contributed by atoms with van der Waals surface area (Å²) in [4.78, 5) is 11.4. The molecule has 0 aromatic heterocycles. The Bertz CT molecular complexity index is 225. The van der Waals surface area contributed by atoms with Gasteiger partial charge in [-0.1, -0.05) is 0 Å². The average molecular weight is 183 g/mol. The largest absolute Gasteiger partial charge is 0.444 e. The number of hydrogen-bond acceptors (Lipinski definition) is 2. The van der Waals surface area contributed by atoms with Crippen molar-refractivity contribution in [3.8, 4) is 0 Å². The zero-order chi connectivity index (χ0) is 9.69. The van der Waals surface area contributed by atoms with Crippen LogP contribution in [0.15, 0.2) is 0 Å². The fourth-order valence-corrected chi connectivity index (χ4v) is 2.15. The summed E-state index contributed by atoms with van der Waals surface area (Å²) in [5.74, 6) is 0.884. The van der Waals surface area contributed by atoms with E-state index >= 15 is 0 Å². The molecule has 3 rings (SSSR count). The topological polar surface area (TPSA) is 38.3 Å². The summed E-state index contributed by atoms with van der Waals surface area (Å²) >= 11 is 0. The highest BCUT2D eigenvalue weighted by atomic mass is 16.6. The summed E-state index contributed by atoms with van der Waals surface area (Å²) in [6, 6.07) is 0. The van der Waals surface area contributed by atoms with Gasteiger partial charge in [0, 0.05) is 5.54 Å². The molecule has 74 valence electrons. The molecular formula is C10H17NO2. The molecule has 13 heavy (non-hydrogen) atoms. The second kappa shape index (κ2) is 2.40. The third-order valence-electron chi connectivity index (χ3n) is 2.80. The maximum Gasteiger partial charge on any atom is 0.408 e. The van der Waals surface area contributed by atoms with Crippen LogP contribution in [0.5, 0.6) is 0 Å². The SMILES string of the molecule is CC(C)(C)OC(=O)NC12CC(C1)C2. The molecule has 3 saturated carbocycles. The van der Waals surface area contributed by atoms with Gasteiger partial charge in [0.1, 0.15) is 5.60 Å². The van der Waals surface area contributed by atoms with Crippen molar-refractivity contribution in [2.45, 2.75) is 51.2 Å². The van der Waals surface area contributed by atoms with E-state index in [-0.39, 0.29) is 17.2 Å². The van der Waals surface area contributed by atoms with Gasteiger partial charge >= 0.3 is 6.09 Å². The van der Waals surface area contributed by atoms with Gasteiger partial charge < -0.3 is 10.1 Å². The smallest absolute Gasteiger partial charge is 0.408 e. The predicted molar refractivity (Wildman–Crippen MR) is 49.4 cm³/mol. The lowest BCUT2D eigenvalue weighted by Crippen LogP contribution is -2.68. The summed E-state index contributed by atoms with van der Waals surface area (Å²) in [6.07, 6.45) is 3.22. The minimum absolute atomic E-state index is 0.132. The fourth-order valence-electron chi connectivity index (χ4n) is 2.15. The molecule has 0 unspecified atom stereocenters. The quantitative estimate of drug-likeness (QED) is 0.675. The zero-order valence-electron chi connectivity index (χ0n) is 8.52. The van der Waals surface area contributed by atoms with Crippen molar-refractivity contribution < 1.29 is 9.53 Å². The number of nitrogens with one attached hydrogen (secondary N) is 1. The minimum atomic E-state index is -0.381. The van der Waals surface area contributed by atoms with Gasteiger partial charge in [-0.05, 0) is 46.0 Å². The molecule has 3 aliphatic carbocycles. The lowest BCUT2D eigenvalue weighted by atomic mass is 9.50. The van der Waals surface area contributed by atoms with Crippen molar-refractivity contribution in [3.05, 3.63) is 0 Å². The molecule has 3 aliphatic rings. The molecule has 0 aliphatic heterocycles. The van der Waals surface area contributed by atoms with Gasteiger partial charge in [-0.25, -0.2) is 4.79 Å². The van der Waals surface area contributed by atoms with Crippen LogP contribution in [0.1, 0.15) is 40.0 Å². The molecule has 0 heterocycles. The average Bonchev–Trinajstić information content (AvgIpc) is 1.71. The molecule has 3 fully saturated rings. The number of amides is 1. The first-order valence-electron chi connectivity index (χ1n) is 4.90. The number of ether oxygens (including phenoxy) is 1. The number of hydrogen-bond donors (Lipinski definition) is 1. The van der Waals surface area contributed by atoms with Gasteiger partial charge in [0.2, 0.25) is 0 Å². The third-order valence-corrected chi connectivity index (χ3v) is 2.80. The van der Waals surface area contributed by atoms with Crippen LogP contribution in [-0.2, 0) is 4.74 Å². The zero-order valence-corrected chi connectivity index (χ0v) is 8.52. The molecule has 0 atom stereocenters. The summed E-state index contributed by atoms with van der Waals surface area (Å²) in [5, 5.41) is 2.95. The van der Waals surface area contributed by atoms with E-state index in [0.29, 0.717) is 0 Å². The number of carbonyl (C=O) groups excluding carboxylic acids is 1. The molecule has 1 amide bonds. The second-order valence-electron chi connectivity index (χ2n) is 5.39. The van der Waals surface area contributed by atoms with Crippen molar-refractivity contribution in [1.82, 2.24) is 5.32 Å². The van der Waals surface area contributed by atoms with Gasteiger partial charge in [-0.15, -0.1) is 0 Å². The van der Waals surface area contributed by atoms with Crippen LogP contribution >= 0.6 is 0 Å². The second-order valence-corrected chi connectivity index (χ2v) is 5.39. The van der Waals surface area contributed by atoms with E-state index in [2.05, 4.69) is 5.32 Å². The number of carbonyl (C=O) groups is 1. The Morgan fingerprint density at radius 2 is 1.92 bits per heavy atom. The normalized spacial score (nSPS) is 35.8. The van der Waals surface area contributed by atoms with E-state index in [9.17, 15) is 4.79 Å². The van der Waals surface area contributed by atoms with Crippen molar-refractivity contribution in [2.75, 3.05) is 0 Å². The van der Waals surface area contributed by atoms with E-state index in [4.69, 9.17) is 4.74 Å². The van der Waals surface area contributed by atoms with E-state index in [1.165, 1.54) is 0 Å². The maximum absolute atomic E-state index is 11.4. The van der Waals surface area contributed by atoms with Crippen LogP contribution in [-0.4, -0.2) is 17.2 Å². The Morgan fingerprint density at radius 3 is 2.23 bits per heavy atom.